The maximum atomic E-state index is 6.14. The molecule has 0 atom stereocenters. The van der Waals surface area contributed by atoms with E-state index in [1.165, 1.54) is 5.56 Å². The molecule has 0 saturated heterocycles. The highest BCUT2D eigenvalue weighted by Crippen LogP contribution is 2.39. The zero-order chi connectivity index (χ0) is 21.9. The molecule has 0 radical (unpaired) electrons. The number of benzene rings is 3. The number of ether oxygens (including phenoxy) is 3. The maximum absolute atomic E-state index is 6.14. The normalized spacial score (nSPS) is 13.8. The highest BCUT2D eigenvalue weighted by atomic mass is 16.5. The molecule has 0 unspecified atom stereocenters. The quantitative estimate of drug-likeness (QED) is 0.433. The number of methoxy groups -OCH3 is 2. The molecule has 2 heterocycles. The Morgan fingerprint density at radius 1 is 0.938 bits per heavy atom. The molecule has 1 aliphatic rings. The lowest BCUT2D eigenvalue weighted by Gasteiger charge is -2.20. The first-order chi connectivity index (χ1) is 15.7. The predicted molar refractivity (Wildman–Crippen MR) is 126 cm³/mol. The molecule has 1 aliphatic heterocycles. The number of hydrogen-bond donors (Lipinski definition) is 0. The summed E-state index contributed by atoms with van der Waals surface area (Å²) < 4.78 is 17.2. The van der Waals surface area contributed by atoms with Crippen LogP contribution in [-0.4, -0.2) is 37.3 Å². The van der Waals surface area contributed by atoms with E-state index in [0.29, 0.717) is 6.61 Å². The SMILES string of the molecule is COc1cccc(CN2CCOc3c(cc(-c4cnc5ccccc5c4)cc3OC)C2)c1. The minimum Gasteiger partial charge on any atom is -0.497 e. The molecule has 32 heavy (non-hydrogen) atoms. The summed E-state index contributed by atoms with van der Waals surface area (Å²) in [6.45, 7) is 3.05. The van der Waals surface area contributed by atoms with Crippen LogP contribution in [0.4, 0.5) is 0 Å². The average molecular weight is 427 g/mol. The Labute approximate surface area is 188 Å². The third-order valence-corrected chi connectivity index (χ3v) is 5.86. The van der Waals surface area contributed by atoms with E-state index in [1.54, 1.807) is 14.2 Å². The van der Waals surface area contributed by atoms with Crippen LogP contribution in [0, 0.1) is 0 Å². The first kappa shape index (κ1) is 20.3. The summed E-state index contributed by atoms with van der Waals surface area (Å²) in [4.78, 5) is 7.03. The van der Waals surface area contributed by atoms with Crippen LogP contribution < -0.4 is 14.2 Å². The number of aromatic nitrogens is 1. The first-order valence-electron chi connectivity index (χ1n) is 10.8. The van der Waals surface area contributed by atoms with E-state index in [2.05, 4.69) is 40.2 Å². The Kier molecular flexibility index (Phi) is 5.65. The summed E-state index contributed by atoms with van der Waals surface area (Å²) >= 11 is 0. The van der Waals surface area contributed by atoms with Gasteiger partial charge in [-0.25, -0.2) is 0 Å². The predicted octanol–water partition coefficient (Wildman–Crippen LogP) is 5.31. The van der Waals surface area contributed by atoms with Crippen molar-refractivity contribution in [2.75, 3.05) is 27.4 Å². The molecule has 0 aliphatic carbocycles. The monoisotopic (exact) mass is 426 g/mol. The Hall–Kier alpha value is -3.57. The molecule has 0 spiro atoms. The Bertz CT molecular complexity index is 1250. The standard InChI is InChI=1S/C27H26N2O3/c1-30-24-8-5-6-19(12-24)17-29-10-11-32-27-23(18-29)14-21(15-26(27)31-2)22-13-20-7-3-4-9-25(20)28-16-22/h3-9,12-16H,10-11,17-18H2,1-2H3. The summed E-state index contributed by atoms with van der Waals surface area (Å²) in [6.07, 6.45) is 1.93. The molecule has 0 amide bonds. The molecule has 3 aromatic carbocycles. The average Bonchev–Trinajstić information content (AvgIpc) is 3.05. The summed E-state index contributed by atoms with van der Waals surface area (Å²) in [5.41, 5.74) is 5.47. The fraction of sp³-hybridized carbons (Fsp3) is 0.222. The van der Waals surface area contributed by atoms with Gasteiger partial charge in [-0.15, -0.1) is 0 Å². The second-order valence-electron chi connectivity index (χ2n) is 7.99. The van der Waals surface area contributed by atoms with Gasteiger partial charge in [-0.2, -0.15) is 0 Å². The minimum absolute atomic E-state index is 0.615. The second kappa shape index (κ2) is 8.89. The van der Waals surface area contributed by atoms with E-state index in [4.69, 9.17) is 14.2 Å². The second-order valence-corrected chi connectivity index (χ2v) is 7.99. The van der Waals surface area contributed by atoms with Crippen LogP contribution in [0.1, 0.15) is 11.1 Å². The zero-order valence-electron chi connectivity index (χ0n) is 18.4. The molecule has 5 heteroatoms. The highest BCUT2D eigenvalue weighted by molar-refractivity contribution is 5.84. The van der Waals surface area contributed by atoms with E-state index >= 15 is 0 Å². The van der Waals surface area contributed by atoms with Gasteiger partial charge >= 0.3 is 0 Å². The van der Waals surface area contributed by atoms with Crippen molar-refractivity contribution in [1.82, 2.24) is 9.88 Å². The van der Waals surface area contributed by atoms with Gasteiger partial charge in [0.25, 0.3) is 0 Å². The molecule has 0 N–H and O–H groups in total. The number of nitrogens with zero attached hydrogens (tertiary/aromatic N) is 2. The van der Waals surface area contributed by atoms with Crippen LogP contribution in [0.5, 0.6) is 17.2 Å². The lowest BCUT2D eigenvalue weighted by Crippen LogP contribution is -2.25. The van der Waals surface area contributed by atoms with E-state index in [-0.39, 0.29) is 0 Å². The van der Waals surface area contributed by atoms with E-state index in [0.717, 1.165) is 64.5 Å². The molecule has 5 nitrogen and oxygen atoms in total. The zero-order valence-corrected chi connectivity index (χ0v) is 18.4. The Morgan fingerprint density at radius 3 is 2.72 bits per heavy atom. The van der Waals surface area contributed by atoms with E-state index in [9.17, 15) is 0 Å². The third-order valence-electron chi connectivity index (χ3n) is 5.86. The number of para-hydroxylation sites is 1. The minimum atomic E-state index is 0.615. The largest absolute Gasteiger partial charge is 0.497 e. The van der Waals surface area contributed by atoms with Crippen molar-refractivity contribution in [1.29, 1.82) is 0 Å². The number of pyridine rings is 1. The van der Waals surface area contributed by atoms with E-state index in [1.807, 2.05) is 42.6 Å². The van der Waals surface area contributed by atoms with Crippen LogP contribution in [0.2, 0.25) is 0 Å². The first-order valence-corrected chi connectivity index (χ1v) is 10.8. The maximum Gasteiger partial charge on any atom is 0.165 e. The molecule has 0 saturated carbocycles. The van der Waals surface area contributed by atoms with Crippen molar-refractivity contribution in [3.63, 3.8) is 0 Å². The lowest BCUT2D eigenvalue weighted by molar-refractivity contribution is 0.216. The van der Waals surface area contributed by atoms with Crippen molar-refractivity contribution in [2.24, 2.45) is 0 Å². The fourth-order valence-corrected chi connectivity index (χ4v) is 4.25. The molecule has 0 fully saturated rings. The van der Waals surface area contributed by atoms with Gasteiger partial charge in [-0.3, -0.25) is 9.88 Å². The summed E-state index contributed by atoms with van der Waals surface area (Å²) in [5, 5.41) is 1.12. The van der Waals surface area contributed by atoms with Crippen molar-refractivity contribution in [3.05, 3.63) is 84.1 Å². The molecule has 1 aromatic heterocycles. The third kappa shape index (κ3) is 4.12. The molecule has 4 aromatic rings. The Balaban J connectivity index is 1.49. The van der Waals surface area contributed by atoms with Crippen LogP contribution in [0.3, 0.4) is 0 Å². The Morgan fingerprint density at radius 2 is 1.84 bits per heavy atom. The van der Waals surface area contributed by atoms with Gasteiger partial charge in [0.15, 0.2) is 11.5 Å². The number of rotatable bonds is 5. The fourth-order valence-electron chi connectivity index (χ4n) is 4.25. The van der Waals surface area contributed by atoms with Gasteiger partial charge in [-0.05, 0) is 47.5 Å². The van der Waals surface area contributed by atoms with Crippen LogP contribution in [0.15, 0.2) is 72.9 Å². The molecular formula is C27H26N2O3. The van der Waals surface area contributed by atoms with Crippen LogP contribution in [0.25, 0.3) is 22.0 Å². The van der Waals surface area contributed by atoms with Crippen molar-refractivity contribution in [3.8, 4) is 28.4 Å². The number of fused-ring (bicyclic) bond motifs is 2. The summed E-state index contributed by atoms with van der Waals surface area (Å²) in [7, 11) is 3.39. The summed E-state index contributed by atoms with van der Waals surface area (Å²) in [5.74, 6) is 2.47. The van der Waals surface area contributed by atoms with E-state index < -0.39 is 0 Å². The van der Waals surface area contributed by atoms with Crippen molar-refractivity contribution in [2.45, 2.75) is 13.1 Å². The highest BCUT2D eigenvalue weighted by Gasteiger charge is 2.21. The molecular weight excluding hydrogens is 400 g/mol. The van der Waals surface area contributed by atoms with Crippen molar-refractivity contribution < 1.29 is 14.2 Å². The van der Waals surface area contributed by atoms with Gasteiger partial charge < -0.3 is 14.2 Å². The molecule has 5 rings (SSSR count). The smallest absolute Gasteiger partial charge is 0.165 e. The van der Waals surface area contributed by atoms with Crippen LogP contribution in [-0.2, 0) is 13.1 Å². The number of hydrogen-bond acceptors (Lipinski definition) is 5. The summed E-state index contributed by atoms with van der Waals surface area (Å²) in [6, 6.07) is 22.8. The van der Waals surface area contributed by atoms with Gasteiger partial charge in [0, 0.05) is 42.3 Å². The van der Waals surface area contributed by atoms with Gasteiger partial charge in [0.05, 0.1) is 19.7 Å². The van der Waals surface area contributed by atoms with Gasteiger partial charge in [0.1, 0.15) is 12.4 Å². The molecule has 162 valence electrons. The molecule has 0 bridgehead atoms. The van der Waals surface area contributed by atoms with Gasteiger partial charge in [0.2, 0.25) is 0 Å². The van der Waals surface area contributed by atoms with Crippen LogP contribution >= 0.6 is 0 Å². The van der Waals surface area contributed by atoms with Gasteiger partial charge in [-0.1, -0.05) is 30.3 Å². The van der Waals surface area contributed by atoms with Crippen molar-refractivity contribution >= 4 is 10.9 Å². The lowest BCUT2D eigenvalue weighted by atomic mass is 10.0. The topological polar surface area (TPSA) is 43.8 Å².